The Morgan fingerprint density at radius 1 is 1.31 bits per heavy atom. The second-order valence-corrected chi connectivity index (χ2v) is 4.15. The highest BCUT2D eigenvalue weighted by Crippen LogP contribution is 2.05. The number of carbonyl (C=O) groups is 1. The van der Waals surface area contributed by atoms with Gasteiger partial charge in [-0.15, -0.1) is 0 Å². The Balaban J connectivity index is 2.68. The molecule has 0 spiro atoms. The molecule has 0 unspecified atom stereocenters. The average Bonchev–Trinajstić information content (AvgIpc) is 2.25. The van der Waals surface area contributed by atoms with Gasteiger partial charge in [-0.3, -0.25) is 4.99 Å². The van der Waals surface area contributed by atoms with Crippen LogP contribution in [0.2, 0.25) is 0 Å². The zero-order chi connectivity index (χ0) is 12.0. The van der Waals surface area contributed by atoms with E-state index >= 15 is 0 Å². The van der Waals surface area contributed by atoms with Crippen LogP contribution in [0.3, 0.4) is 0 Å². The predicted octanol–water partition coefficient (Wildman–Crippen LogP) is 2.76. The molecule has 0 heterocycles. The minimum absolute atomic E-state index is 0.263. The summed E-state index contributed by atoms with van der Waals surface area (Å²) in [5.74, 6) is -0.602. The third kappa shape index (κ3) is 4.26. The minimum atomic E-state index is -0.912. The van der Waals surface area contributed by atoms with Crippen LogP contribution in [0, 0.1) is 5.92 Å². The summed E-state index contributed by atoms with van der Waals surface area (Å²) in [5.41, 5.74) is 1.30. The van der Waals surface area contributed by atoms with E-state index in [1.165, 1.54) is 0 Å². The predicted molar refractivity (Wildman–Crippen MR) is 64.7 cm³/mol. The van der Waals surface area contributed by atoms with E-state index in [2.05, 4.69) is 4.99 Å². The molecule has 3 heteroatoms. The van der Waals surface area contributed by atoms with Crippen molar-refractivity contribution in [2.75, 3.05) is 0 Å². The molecule has 0 aromatic heterocycles. The van der Waals surface area contributed by atoms with Crippen molar-refractivity contribution in [1.82, 2.24) is 0 Å². The van der Waals surface area contributed by atoms with Gasteiger partial charge >= 0.3 is 5.97 Å². The molecule has 0 amide bonds. The summed E-state index contributed by atoms with van der Waals surface area (Å²) in [6, 6.07) is 9.66. The number of hydrogen-bond acceptors (Lipinski definition) is 2. The van der Waals surface area contributed by atoms with Gasteiger partial charge < -0.3 is 5.11 Å². The van der Waals surface area contributed by atoms with E-state index in [-0.39, 0.29) is 5.71 Å². The van der Waals surface area contributed by atoms with Gasteiger partial charge in [-0.25, -0.2) is 4.79 Å². The molecule has 0 bridgehead atoms. The first kappa shape index (κ1) is 12.4. The average molecular weight is 219 g/mol. The lowest BCUT2D eigenvalue weighted by molar-refractivity contribution is -0.129. The van der Waals surface area contributed by atoms with E-state index in [1.54, 1.807) is 0 Å². The second kappa shape index (κ2) is 6.05. The van der Waals surface area contributed by atoms with Crippen LogP contribution < -0.4 is 0 Å². The second-order valence-electron chi connectivity index (χ2n) is 4.15. The number of carboxylic acid groups (broad SMARTS) is 1. The number of nitrogens with zero attached hydrogens (tertiary/aromatic N) is 1. The molecule has 0 atom stereocenters. The molecule has 0 aliphatic carbocycles. The molecule has 1 aromatic rings. The molecule has 3 nitrogen and oxygen atoms in total. The third-order valence-corrected chi connectivity index (χ3v) is 2.14. The lowest BCUT2D eigenvalue weighted by Crippen LogP contribution is -2.15. The Kier molecular flexibility index (Phi) is 4.70. The van der Waals surface area contributed by atoms with E-state index in [0.29, 0.717) is 18.9 Å². The van der Waals surface area contributed by atoms with Crippen molar-refractivity contribution >= 4 is 11.7 Å². The molecule has 16 heavy (non-hydrogen) atoms. The Morgan fingerprint density at radius 2 is 1.94 bits per heavy atom. The lowest BCUT2D eigenvalue weighted by atomic mass is 10.1. The van der Waals surface area contributed by atoms with Gasteiger partial charge in [0.25, 0.3) is 0 Å². The molecule has 0 radical (unpaired) electrons. The van der Waals surface area contributed by atoms with Gasteiger partial charge in [0.2, 0.25) is 0 Å². The van der Waals surface area contributed by atoms with E-state index < -0.39 is 5.97 Å². The van der Waals surface area contributed by atoms with E-state index in [1.807, 2.05) is 44.2 Å². The van der Waals surface area contributed by atoms with Gasteiger partial charge in [0.1, 0.15) is 5.71 Å². The van der Waals surface area contributed by atoms with E-state index in [4.69, 9.17) is 5.11 Å². The first-order chi connectivity index (χ1) is 7.59. The maximum atomic E-state index is 10.9. The minimum Gasteiger partial charge on any atom is -0.477 e. The lowest BCUT2D eigenvalue weighted by Gasteiger charge is -2.04. The topological polar surface area (TPSA) is 49.7 Å². The van der Waals surface area contributed by atoms with Gasteiger partial charge in [-0.2, -0.15) is 0 Å². The molecule has 86 valence electrons. The standard InChI is InChI=1S/C13H17NO2/c1-10(2)8-12(13(15)16)14-9-11-6-4-3-5-7-11/h3-7,10H,8-9H2,1-2H3,(H,15,16). The molecule has 1 N–H and O–H groups in total. The molecular formula is C13H17NO2. The fraction of sp³-hybridized carbons (Fsp3) is 0.385. The molecular weight excluding hydrogens is 202 g/mol. The van der Waals surface area contributed by atoms with Crippen molar-refractivity contribution in [2.45, 2.75) is 26.8 Å². The molecule has 0 aliphatic rings. The number of aliphatic imine (C=N–C) groups is 1. The molecule has 0 aliphatic heterocycles. The third-order valence-electron chi connectivity index (χ3n) is 2.14. The molecule has 1 rings (SSSR count). The highest BCUT2D eigenvalue weighted by molar-refractivity contribution is 6.35. The van der Waals surface area contributed by atoms with Crippen LogP contribution in [-0.4, -0.2) is 16.8 Å². The summed E-state index contributed by atoms with van der Waals surface area (Å²) < 4.78 is 0. The summed E-state index contributed by atoms with van der Waals surface area (Å²) in [6.07, 6.45) is 0.516. The fourth-order valence-corrected chi connectivity index (χ4v) is 1.38. The van der Waals surface area contributed by atoms with Crippen LogP contribution in [0.5, 0.6) is 0 Å². The maximum absolute atomic E-state index is 10.9. The van der Waals surface area contributed by atoms with Crippen LogP contribution in [0.25, 0.3) is 0 Å². The molecule has 1 aromatic carbocycles. The van der Waals surface area contributed by atoms with Crippen molar-refractivity contribution in [3.63, 3.8) is 0 Å². The van der Waals surface area contributed by atoms with Gasteiger partial charge in [-0.05, 0) is 17.9 Å². The zero-order valence-corrected chi connectivity index (χ0v) is 9.68. The van der Waals surface area contributed by atoms with Crippen molar-refractivity contribution in [1.29, 1.82) is 0 Å². The smallest absolute Gasteiger partial charge is 0.349 e. The monoisotopic (exact) mass is 219 g/mol. The number of rotatable bonds is 5. The first-order valence-electron chi connectivity index (χ1n) is 5.40. The van der Waals surface area contributed by atoms with Crippen LogP contribution >= 0.6 is 0 Å². The van der Waals surface area contributed by atoms with E-state index in [0.717, 1.165) is 5.56 Å². The Bertz CT molecular complexity index is 369. The summed E-state index contributed by atoms with van der Waals surface area (Å²) in [6.45, 7) is 4.41. The highest BCUT2D eigenvalue weighted by Gasteiger charge is 2.10. The molecule has 0 saturated carbocycles. The van der Waals surface area contributed by atoms with Crippen LogP contribution in [-0.2, 0) is 11.3 Å². The van der Waals surface area contributed by atoms with Crippen molar-refractivity contribution in [3.8, 4) is 0 Å². The van der Waals surface area contributed by atoms with Crippen LogP contribution in [0.1, 0.15) is 25.8 Å². The van der Waals surface area contributed by atoms with Crippen LogP contribution in [0.15, 0.2) is 35.3 Å². The Labute approximate surface area is 95.8 Å². The Hall–Kier alpha value is -1.64. The fourth-order valence-electron chi connectivity index (χ4n) is 1.38. The summed E-state index contributed by atoms with van der Waals surface area (Å²) in [4.78, 5) is 15.1. The first-order valence-corrected chi connectivity index (χ1v) is 5.40. The Morgan fingerprint density at radius 3 is 2.44 bits per heavy atom. The number of aliphatic carboxylic acids is 1. The summed E-state index contributed by atoms with van der Waals surface area (Å²) in [5, 5.41) is 8.97. The number of hydrogen-bond donors (Lipinski definition) is 1. The molecule has 0 saturated heterocycles. The highest BCUT2D eigenvalue weighted by atomic mass is 16.4. The normalized spacial score (nSPS) is 11.8. The largest absolute Gasteiger partial charge is 0.477 e. The molecule has 0 fully saturated rings. The number of carboxylic acids is 1. The van der Waals surface area contributed by atoms with Crippen molar-refractivity contribution in [3.05, 3.63) is 35.9 Å². The van der Waals surface area contributed by atoms with Crippen molar-refractivity contribution < 1.29 is 9.90 Å². The van der Waals surface area contributed by atoms with Gasteiger partial charge in [0.05, 0.1) is 6.54 Å². The SMILES string of the molecule is CC(C)CC(=NCc1ccccc1)C(=O)O. The zero-order valence-electron chi connectivity index (χ0n) is 9.68. The van der Waals surface area contributed by atoms with Gasteiger partial charge in [-0.1, -0.05) is 44.2 Å². The maximum Gasteiger partial charge on any atom is 0.349 e. The van der Waals surface area contributed by atoms with Crippen LogP contribution in [0.4, 0.5) is 0 Å². The number of benzene rings is 1. The quantitative estimate of drug-likeness (QED) is 0.774. The van der Waals surface area contributed by atoms with Crippen molar-refractivity contribution in [2.24, 2.45) is 10.9 Å². The van der Waals surface area contributed by atoms with Gasteiger partial charge in [0.15, 0.2) is 0 Å². The summed E-state index contributed by atoms with van der Waals surface area (Å²) in [7, 11) is 0. The summed E-state index contributed by atoms with van der Waals surface area (Å²) >= 11 is 0. The van der Waals surface area contributed by atoms with E-state index in [9.17, 15) is 4.79 Å². The van der Waals surface area contributed by atoms with Gasteiger partial charge in [0, 0.05) is 0 Å².